The number of hydrogen-bond acceptors (Lipinski definition) is 5. The predicted octanol–water partition coefficient (Wildman–Crippen LogP) is 0.871. The standard InChI is InChI=1S/C14H28N4O4S.HI/c1-5-15-12(18-11-6-9-23(20,21)10-11)16-7-8-17-13(19)22-14(2,3)4;/h11H,5-10H2,1-4H3,(H,17,19)(H2,15,16,18);1H. The van der Waals surface area contributed by atoms with Gasteiger partial charge in [-0.2, -0.15) is 0 Å². The SMILES string of the molecule is CCNC(=NCCNC(=O)OC(C)(C)C)NC1CCS(=O)(=O)C1.I. The zero-order valence-corrected chi connectivity index (χ0v) is 17.9. The summed E-state index contributed by atoms with van der Waals surface area (Å²) < 4.78 is 28.1. The van der Waals surface area contributed by atoms with Gasteiger partial charge < -0.3 is 20.7 Å². The van der Waals surface area contributed by atoms with Gasteiger partial charge in [-0.05, 0) is 34.1 Å². The summed E-state index contributed by atoms with van der Waals surface area (Å²) in [6.45, 7) is 8.71. The first kappa shape index (κ1) is 23.2. The molecule has 1 aliphatic rings. The van der Waals surface area contributed by atoms with Crippen LogP contribution in [-0.2, 0) is 14.6 Å². The molecule has 10 heteroatoms. The highest BCUT2D eigenvalue weighted by Gasteiger charge is 2.28. The molecule has 1 saturated heterocycles. The molecule has 0 aromatic heterocycles. The fraction of sp³-hybridized carbons (Fsp3) is 0.857. The zero-order chi connectivity index (χ0) is 17.5. The molecule has 0 spiro atoms. The largest absolute Gasteiger partial charge is 0.444 e. The topological polar surface area (TPSA) is 109 Å². The molecule has 1 unspecified atom stereocenters. The summed E-state index contributed by atoms with van der Waals surface area (Å²) in [5.74, 6) is 0.901. The lowest BCUT2D eigenvalue weighted by Crippen LogP contribution is -2.44. The van der Waals surface area contributed by atoms with Crippen LogP contribution in [0.3, 0.4) is 0 Å². The number of ether oxygens (including phenoxy) is 1. The molecule has 3 N–H and O–H groups in total. The van der Waals surface area contributed by atoms with E-state index in [1.54, 1.807) is 20.8 Å². The first-order valence-corrected chi connectivity index (χ1v) is 9.65. The molecule has 0 aromatic carbocycles. The number of amides is 1. The van der Waals surface area contributed by atoms with E-state index >= 15 is 0 Å². The molecular formula is C14H29IN4O4S. The number of nitrogens with zero attached hydrogens (tertiary/aromatic N) is 1. The molecule has 8 nitrogen and oxygen atoms in total. The third-order valence-corrected chi connectivity index (χ3v) is 4.74. The number of nitrogens with one attached hydrogen (secondary N) is 3. The summed E-state index contributed by atoms with van der Waals surface area (Å²) in [6, 6.07) is -0.114. The van der Waals surface area contributed by atoms with E-state index in [2.05, 4.69) is 20.9 Å². The minimum absolute atomic E-state index is 0. The van der Waals surface area contributed by atoms with Crippen molar-refractivity contribution in [2.45, 2.75) is 45.8 Å². The molecule has 0 bridgehead atoms. The van der Waals surface area contributed by atoms with E-state index in [0.717, 1.165) is 0 Å². The first-order chi connectivity index (χ1) is 10.6. The molecule has 1 aliphatic heterocycles. The summed E-state index contributed by atoms with van der Waals surface area (Å²) in [6.07, 6.45) is 0.107. The summed E-state index contributed by atoms with van der Waals surface area (Å²) in [4.78, 5) is 15.8. The van der Waals surface area contributed by atoms with Gasteiger partial charge in [-0.1, -0.05) is 0 Å². The van der Waals surface area contributed by atoms with Gasteiger partial charge in [0.1, 0.15) is 5.60 Å². The van der Waals surface area contributed by atoms with Gasteiger partial charge in [-0.15, -0.1) is 24.0 Å². The van der Waals surface area contributed by atoms with Crippen molar-refractivity contribution in [3.63, 3.8) is 0 Å². The number of rotatable bonds is 5. The maximum Gasteiger partial charge on any atom is 0.407 e. The number of halogens is 1. The van der Waals surface area contributed by atoms with Gasteiger partial charge in [0.05, 0.1) is 18.1 Å². The Labute approximate surface area is 161 Å². The highest BCUT2D eigenvalue weighted by Crippen LogP contribution is 2.10. The van der Waals surface area contributed by atoms with Crippen LogP contribution in [0, 0.1) is 0 Å². The Balaban J connectivity index is 0.00000529. The van der Waals surface area contributed by atoms with Gasteiger partial charge >= 0.3 is 6.09 Å². The number of alkyl carbamates (subject to hydrolysis) is 1. The maximum atomic E-state index is 11.5. The smallest absolute Gasteiger partial charge is 0.407 e. The Hall–Kier alpha value is -0.780. The van der Waals surface area contributed by atoms with Crippen LogP contribution in [0.2, 0.25) is 0 Å². The molecule has 1 heterocycles. The fourth-order valence-electron chi connectivity index (χ4n) is 2.06. The van der Waals surface area contributed by atoms with Crippen LogP contribution in [0.15, 0.2) is 4.99 Å². The van der Waals surface area contributed by atoms with E-state index in [1.807, 2.05) is 6.92 Å². The molecule has 1 atom stereocenters. The Bertz CT molecular complexity index is 531. The van der Waals surface area contributed by atoms with Crippen LogP contribution in [0.25, 0.3) is 0 Å². The van der Waals surface area contributed by atoms with Crippen LogP contribution in [0.4, 0.5) is 4.79 Å². The van der Waals surface area contributed by atoms with E-state index in [-0.39, 0.29) is 41.5 Å². The maximum absolute atomic E-state index is 11.5. The summed E-state index contributed by atoms with van der Waals surface area (Å²) in [5.41, 5.74) is -0.530. The quantitative estimate of drug-likeness (QED) is 0.235. The monoisotopic (exact) mass is 476 g/mol. The summed E-state index contributed by atoms with van der Waals surface area (Å²) in [7, 11) is -2.93. The van der Waals surface area contributed by atoms with Crippen molar-refractivity contribution >= 4 is 45.9 Å². The summed E-state index contributed by atoms with van der Waals surface area (Å²) in [5, 5.41) is 8.80. The van der Waals surface area contributed by atoms with E-state index in [9.17, 15) is 13.2 Å². The molecule has 142 valence electrons. The third-order valence-electron chi connectivity index (χ3n) is 2.97. The van der Waals surface area contributed by atoms with Crippen LogP contribution in [0.5, 0.6) is 0 Å². The average molecular weight is 476 g/mol. The Morgan fingerprint density at radius 1 is 1.29 bits per heavy atom. The molecule has 1 amide bonds. The molecule has 0 aliphatic carbocycles. The normalized spacial score (nSPS) is 20.0. The van der Waals surface area contributed by atoms with Crippen LogP contribution in [0.1, 0.15) is 34.1 Å². The van der Waals surface area contributed by atoms with Crippen LogP contribution < -0.4 is 16.0 Å². The predicted molar refractivity (Wildman–Crippen MR) is 106 cm³/mol. The van der Waals surface area contributed by atoms with Crippen molar-refractivity contribution < 1.29 is 17.9 Å². The van der Waals surface area contributed by atoms with E-state index < -0.39 is 21.5 Å². The molecule has 0 saturated carbocycles. The van der Waals surface area contributed by atoms with Gasteiger partial charge in [0.25, 0.3) is 0 Å². The van der Waals surface area contributed by atoms with E-state index in [1.165, 1.54) is 0 Å². The highest BCUT2D eigenvalue weighted by molar-refractivity contribution is 14.0. The van der Waals surface area contributed by atoms with Crippen molar-refractivity contribution in [3.8, 4) is 0 Å². The van der Waals surface area contributed by atoms with Crippen molar-refractivity contribution in [1.29, 1.82) is 0 Å². The minimum Gasteiger partial charge on any atom is -0.444 e. The van der Waals surface area contributed by atoms with Gasteiger partial charge in [-0.25, -0.2) is 13.2 Å². The lowest BCUT2D eigenvalue weighted by molar-refractivity contribution is 0.0529. The van der Waals surface area contributed by atoms with Gasteiger partial charge in [0.15, 0.2) is 15.8 Å². The van der Waals surface area contributed by atoms with Crippen molar-refractivity contribution in [2.24, 2.45) is 4.99 Å². The van der Waals surface area contributed by atoms with Crippen molar-refractivity contribution in [3.05, 3.63) is 0 Å². The number of sulfone groups is 1. The second kappa shape index (κ2) is 10.3. The second-order valence-corrected chi connectivity index (χ2v) is 8.66. The first-order valence-electron chi connectivity index (χ1n) is 7.83. The third kappa shape index (κ3) is 10.2. The average Bonchev–Trinajstić information content (AvgIpc) is 2.72. The van der Waals surface area contributed by atoms with Crippen molar-refractivity contribution in [2.75, 3.05) is 31.1 Å². The van der Waals surface area contributed by atoms with Gasteiger partial charge in [0, 0.05) is 19.1 Å². The highest BCUT2D eigenvalue weighted by atomic mass is 127. The molecule has 0 radical (unpaired) electrons. The van der Waals surface area contributed by atoms with Gasteiger partial charge in [-0.3, -0.25) is 4.99 Å². The molecule has 1 fully saturated rings. The van der Waals surface area contributed by atoms with E-state index in [4.69, 9.17) is 4.74 Å². The zero-order valence-electron chi connectivity index (χ0n) is 14.7. The number of aliphatic imine (C=N–C) groups is 1. The Morgan fingerprint density at radius 2 is 1.96 bits per heavy atom. The number of guanidine groups is 1. The van der Waals surface area contributed by atoms with Crippen LogP contribution >= 0.6 is 24.0 Å². The van der Waals surface area contributed by atoms with Crippen LogP contribution in [-0.4, -0.2) is 63.3 Å². The molecule has 1 rings (SSSR count). The molecule has 24 heavy (non-hydrogen) atoms. The minimum atomic E-state index is -2.93. The fourth-order valence-corrected chi connectivity index (χ4v) is 3.74. The summed E-state index contributed by atoms with van der Waals surface area (Å²) >= 11 is 0. The molecular weight excluding hydrogens is 447 g/mol. The lowest BCUT2D eigenvalue weighted by atomic mass is 10.2. The van der Waals surface area contributed by atoms with Crippen molar-refractivity contribution in [1.82, 2.24) is 16.0 Å². The number of carbonyl (C=O) groups is 1. The lowest BCUT2D eigenvalue weighted by Gasteiger charge is -2.19. The Kier molecular flexibility index (Phi) is 9.93. The Morgan fingerprint density at radius 3 is 2.46 bits per heavy atom. The van der Waals surface area contributed by atoms with Gasteiger partial charge in [0.2, 0.25) is 0 Å². The number of hydrogen-bond donors (Lipinski definition) is 3. The van der Waals surface area contributed by atoms with E-state index in [0.29, 0.717) is 32.0 Å². The second-order valence-electron chi connectivity index (χ2n) is 6.43. The number of carbonyl (C=O) groups excluding carboxylic acids is 1. The molecule has 0 aromatic rings.